The molecule has 0 bridgehead atoms. The molecule has 1 aromatic heterocycles. The van der Waals surface area contributed by atoms with Gasteiger partial charge >= 0.3 is 5.82 Å². The zero-order valence-electron chi connectivity index (χ0n) is 9.39. The molecule has 0 aliphatic carbocycles. The van der Waals surface area contributed by atoms with Gasteiger partial charge in [-0.25, -0.2) is 0 Å². The van der Waals surface area contributed by atoms with Gasteiger partial charge in [0.25, 0.3) is 0 Å². The summed E-state index contributed by atoms with van der Waals surface area (Å²) in [4.78, 5) is 12.2. The Balaban J connectivity index is 2.61. The lowest BCUT2D eigenvalue weighted by Crippen LogP contribution is -2.27. The van der Waals surface area contributed by atoms with E-state index < -0.39 is 4.92 Å². The number of nitrogens with zero attached hydrogens (tertiary/aromatic N) is 4. The maximum absolute atomic E-state index is 10.5. The van der Waals surface area contributed by atoms with Gasteiger partial charge in [-0.05, 0) is 18.0 Å². The van der Waals surface area contributed by atoms with Gasteiger partial charge in [-0.1, -0.05) is 25.4 Å². The first-order valence-corrected chi connectivity index (χ1v) is 5.56. The lowest BCUT2D eigenvalue weighted by molar-refractivity contribution is -0.389. The quantitative estimate of drug-likeness (QED) is 0.567. The second-order valence-electron chi connectivity index (χ2n) is 3.35. The molecule has 0 aliphatic rings. The van der Waals surface area contributed by atoms with Crippen LogP contribution >= 0.6 is 11.6 Å². The van der Waals surface area contributed by atoms with E-state index in [4.69, 9.17) is 11.6 Å². The lowest BCUT2D eigenvalue weighted by atomic mass is 10.5. The third-order valence-corrected chi connectivity index (χ3v) is 2.68. The number of halogens is 1. The van der Waals surface area contributed by atoms with E-state index in [1.165, 1.54) is 10.9 Å². The Morgan fingerprint density at radius 2 is 2.19 bits per heavy atom. The molecule has 7 heteroatoms. The van der Waals surface area contributed by atoms with E-state index in [9.17, 15) is 10.1 Å². The zero-order valence-corrected chi connectivity index (χ0v) is 10.1. The van der Waals surface area contributed by atoms with Crippen molar-refractivity contribution in [3.63, 3.8) is 0 Å². The van der Waals surface area contributed by atoms with Crippen LogP contribution in [0.1, 0.15) is 13.8 Å². The number of hydrogen-bond donors (Lipinski definition) is 0. The Labute approximate surface area is 98.9 Å². The van der Waals surface area contributed by atoms with Crippen molar-refractivity contribution >= 4 is 17.4 Å². The molecule has 0 aromatic carbocycles. The van der Waals surface area contributed by atoms with Gasteiger partial charge < -0.3 is 15.0 Å². The summed E-state index contributed by atoms with van der Waals surface area (Å²) in [7, 11) is 0. The van der Waals surface area contributed by atoms with E-state index in [2.05, 4.69) is 23.8 Å². The van der Waals surface area contributed by atoms with Crippen LogP contribution in [-0.4, -0.2) is 39.2 Å². The normalized spacial score (nSPS) is 11.0. The lowest BCUT2D eigenvalue weighted by Gasteiger charge is -2.16. The van der Waals surface area contributed by atoms with E-state index in [0.717, 1.165) is 19.6 Å². The number of hydrogen-bond acceptors (Lipinski definition) is 4. The molecule has 1 aromatic rings. The first-order valence-electron chi connectivity index (χ1n) is 5.18. The minimum absolute atomic E-state index is 0.0875. The van der Waals surface area contributed by atoms with Crippen LogP contribution in [0, 0.1) is 10.1 Å². The molecule has 1 rings (SSSR count). The fraction of sp³-hybridized carbons (Fsp3) is 0.667. The maximum Gasteiger partial charge on any atom is 0.408 e. The highest BCUT2D eigenvalue weighted by atomic mass is 35.5. The van der Waals surface area contributed by atoms with Crippen LogP contribution < -0.4 is 0 Å². The number of aromatic nitrogens is 2. The first kappa shape index (κ1) is 12.9. The van der Waals surface area contributed by atoms with Crippen molar-refractivity contribution in [2.45, 2.75) is 20.4 Å². The molecule has 6 nitrogen and oxygen atoms in total. The number of likely N-dealkylation sites (N-methyl/N-ethyl adjacent to an activating group) is 1. The third-order valence-electron chi connectivity index (χ3n) is 2.41. The summed E-state index contributed by atoms with van der Waals surface area (Å²) in [5, 5.41) is 14.4. The van der Waals surface area contributed by atoms with Crippen LogP contribution in [0.15, 0.2) is 6.20 Å². The van der Waals surface area contributed by atoms with Crippen LogP contribution in [0.4, 0.5) is 5.82 Å². The van der Waals surface area contributed by atoms with Crippen molar-refractivity contribution in [2.75, 3.05) is 19.6 Å². The van der Waals surface area contributed by atoms with Crippen LogP contribution in [-0.2, 0) is 6.54 Å². The predicted octanol–water partition coefficient (Wildman–Crippen LogP) is 1.79. The minimum atomic E-state index is -0.573. The summed E-state index contributed by atoms with van der Waals surface area (Å²) in [5.41, 5.74) is 0. The molecule has 90 valence electrons. The molecule has 0 aliphatic heterocycles. The van der Waals surface area contributed by atoms with Crippen molar-refractivity contribution < 1.29 is 4.92 Å². The van der Waals surface area contributed by atoms with Crippen LogP contribution in [0.3, 0.4) is 0 Å². The standard InChI is InChI=1S/C9H15ClN4O2/c1-3-12(4-2)5-6-13-7-8(10)9(11-13)14(15)16/h7H,3-6H2,1-2H3. The molecule has 0 saturated carbocycles. The SMILES string of the molecule is CCN(CC)CCn1cc(Cl)c([N+](=O)[O-])n1. The molecule has 0 fully saturated rings. The van der Waals surface area contributed by atoms with Crippen LogP contribution in [0.25, 0.3) is 0 Å². The van der Waals surface area contributed by atoms with Gasteiger partial charge in [-0.3, -0.25) is 0 Å². The second-order valence-corrected chi connectivity index (χ2v) is 3.75. The van der Waals surface area contributed by atoms with Crippen molar-refractivity contribution in [1.29, 1.82) is 0 Å². The van der Waals surface area contributed by atoms with Gasteiger partial charge in [0.2, 0.25) is 0 Å². The Hall–Kier alpha value is -1.14. The summed E-state index contributed by atoms with van der Waals surface area (Å²) in [5.74, 6) is -0.277. The average Bonchev–Trinajstić information content (AvgIpc) is 2.61. The van der Waals surface area contributed by atoms with Crippen molar-refractivity contribution in [3.8, 4) is 0 Å². The topological polar surface area (TPSA) is 64.2 Å². The van der Waals surface area contributed by atoms with Crippen molar-refractivity contribution in [2.24, 2.45) is 0 Å². The zero-order chi connectivity index (χ0) is 12.1. The van der Waals surface area contributed by atoms with Gasteiger partial charge in [0, 0.05) is 6.54 Å². The van der Waals surface area contributed by atoms with Crippen LogP contribution in [0.5, 0.6) is 0 Å². The first-order chi connectivity index (χ1) is 7.58. The minimum Gasteiger partial charge on any atom is -0.358 e. The molecule has 1 heterocycles. The van der Waals surface area contributed by atoms with Gasteiger partial charge in [0.05, 0.1) is 17.8 Å². The third kappa shape index (κ3) is 3.18. The molecule has 16 heavy (non-hydrogen) atoms. The summed E-state index contributed by atoms with van der Waals surface area (Å²) >= 11 is 5.68. The molecular weight excluding hydrogens is 232 g/mol. The molecule has 0 spiro atoms. The van der Waals surface area contributed by atoms with Crippen molar-refractivity contribution in [1.82, 2.24) is 14.7 Å². The molecule has 0 saturated heterocycles. The summed E-state index contributed by atoms with van der Waals surface area (Å²) in [6.45, 7) is 7.46. The largest absolute Gasteiger partial charge is 0.408 e. The summed E-state index contributed by atoms with van der Waals surface area (Å²) < 4.78 is 1.51. The van der Waals surface area contributed by atoms with E-state index in [1.54, 1.807) is 0 Å². The van der Waals surface area contributed by atoms with Gasteiger partial charge in [-0.15, -0.1) is 0 Å². The molecule has 0 N–H and O–H groups in total. The molecule has 0 atom stereocenters. The van der Waals surface area contributed by atoms with Gasteiger partial charge in [0.1, 0.15) is 0 Å². The van der Waals surface area contributed by atoms with Gasteiger partial charge in [0.15, 0.2) is 5.02 Å². The smallest absolute Gasteiger partial charge is 0.358 e. The van der Waals surface area contributed by atoms with E-state index in [1.807, 2.05) is 0 Å². The monoisotopic (exact) mass is 246 g/mol. The van der Waals surface area contributed by atoms with E-state index >= 15 is 0 Å². The Bertz CT molecular complexity index is 362. The van der Waals surface area contributed by atoms with Crippen LogP contribution in [0.2, 0.25) is 5.02 Å². The Morgan fingerprint density at radius 3 is 2.62 bits per heavy atom. The number of rotatable bonds is 6. The highest BCUT2D eigenvalue weighted by Gasteiger charge is 2.18. The summed E-state index contributed by atoms with van der Waals surface area (Å²) in [6.07, 6.45) is 1.49. The highest BCUT2D eigenvalue weighted by molar-refractivity contribution is 6.32. The van der Waals surface area contributed by atoms with E-state index in [-0.39, 0.29) is 10.8 Å². The van der Waals surface area contributed by atoms with E-state index in [0.29, 0.717) is 6.54 Å². The second kappa shape index (κ2) is 5.81. The van der Waals surface area contributed by atoms with Gasteiger partial charge in [-0.2, -0.15) is 4.68 Å². The van der Waals surface area contributed by atoms with Crippen molar-refractivity contribution in [3.05, 3.63) is 21.3 Å². The fourth-order valence-electron chi connectivity index (χ4n) is 1.41. The Kier molecular flexibility index (Phi) is 4.70. The molecule has 0 unspecified atom stereocenters. The number of nitro groups is 1. The fourth-order valence-corrected chi connectivity index (χ4v) is 1.63. The maximum atomic E-state index is 10.5. The molecular formula is C9H15ClN4O2. The predicted molar refractivity (Wildman–Crippen MR) is 61.7 cm³/mol. The molecule has 0 radical (unpaired) electrons. The summed E-state index contributed by atoms with van der Waals surface area (Å²) in [6, 6.07) is 0. The average molecular weight is 247 g/mol. The Morgan fingerprint density at radius 1 is 1.56 bits per heavy atom. The molecule has 0 amide bonds. The highest BCUT2D eigenvalue weighted by Crippen LogP contribution is 2.20.